The van der Waals surface area contributed by atoms with E-state index in [-0.39, 0.29) is 0 Å². The Balaban J connectivity index is 0.000000159. The summed E-state index contributed by atoms with van der Waals surface area (Å²) in [7, 11) is 0. The van der Waals surface area contributed by atoms with Crippen LogP contribution in [0.2, 0.25) is 0 Å². The lowest BCUT2D eigenvalue weighted by Gasteiger charge is -1.95. The van der Waals surface area contributed by atoms with Crippen molar-refractivity contribution in [3.8, 4) is 0 Å². The SMILES string of the molecule is C(OCC1CO1)C1CO1.C1CO1. The quantitative estimate of drug-likeness (QED) is 0.554. The largest absolute Gasteiger partial charge is 0.377 e. The van der Waals surface area contributed by atoms with Crippen LogP contribution in [0.15, 0.2) is 0 Å². The second kappa shape index (κ2) is 4.18. The molecule has 0 saturated carbocycles. The Morgan fingerprint density at radius 1 is 1.00 bits per heavy atom. The Hall–Kier alpha value is -0.160. The van der Waals surface area contributed by atoms with Crippen molar-refractivity contribution in [2.75, 3.05) is 39.6 Å². The van der Waals surface area contributed by atoms with E-state index in [0.717, 1.165) is 39.6 Å². The summed E-state index contributed by atoms with van der Waals surface area (Å²) in [4.78, 5) is 0. The first-order valence-electron chi connectivity index (χ1n) is 4.34. The van der Waals surface area contributed by atoms with E-state index in [9.17, 15) is 0 Å². The summed E-state index contributed by atoms with van der Waals surface area (Å²) in [5, 5.41) is 0. The summed E-state index contributed by atoms with van der Waals surface area (Å²) in [6, 6.07) is 0. The van der Waals surface area contributed by atoms with Gasteiger partial charge in [0.05, 0.1) is 39.6 Å². The van der Waals surface area contributed by atoms with E-state index in [4.69, 9.17) is 14.2 Å². The average molecular weight is 174 g/mol. The van der Waals surface area contributed by atoms with Gasteiger partial charge in [0.1, 0.15) is 12.2 Å². The number of epoxide rings is 3. The molecule has 3 rings (SSSR count). The fraction of sp³-hybridized carbons (Fsp3) is 1.00. The maximum atomic E-state index is 5.23. The highest BCUT2D eigenvalue weighted by atomic mass is 16.6. The molecule has 3 aliphatic heterocycles. The van der Waals surface area contributed by atoms with Gasteiger partial charge in [0, 0.05) is 0 Å². The van der Waals surface area contributed by atoms with Crippen LogP contribution in [0.25, 0.3) is 0 Å². The topological polar surface area (TPSA) is 46.8 Å². The van der Waals surface area contributed by atoms with Gasteiger partial charge in [-0.1, -0.05) is 0 Å². The first-order chi connectivity index (χ1) is 5.95. The van der Waals surface area contributed by atoms with Crippen molar-refractivity contribution in [2.45, 2.75) is 12.2 Å². The Labute approximate surface area is 71.7 Å². The van der Waals surface area contributed by atoms with Crippen molar-refractivity contribution >= 4 is 0 Å². The normalized spacial score (nSPS) is 35.0. The highest BCUT2D eigenvalue weighted by Gasteiger charge is 2.26. The van der Waals surface area contributed by atoms with Gasteiger partial charge in [-0.25, -0.2) is 0 Å². The summed E-state index contributed by atoms with van der Waals surface area (Å²) in [5.41, 5.74) is 0. The molecule has 0 amide bonds. The maximum Gasteiger partial charge on any atom is 0.104 e. The maximum absolute atomic E-state index is 5.23. The highest BCUT2D eigenvalue weighted by molar-refractivity contribution is 4.71. The monoisotopic (exact) mass is 174 g/mol. The second-order valence-corrected chi connectivity index (χ2v) is 3.06. The minimum Gasteiger partial charge on any atom is -0.377 e. The predicted molar refractivity (Wildman–Crippen MR) is 41.1 cm³/mol. The van der Waals surface area contributed by atoms with Crippen molar-refractivity contribution in [1.29, 1.82) is 0 Å². The molecule has 0 spiro atoms. The molecule has 4 nitrogen and oxygen atoms in total. The molecule has 0 aromatic rings. The lowest BCUT2D eigenvalue weighted by atomic mass is 10.5. The zero-order valence-electron chi connectivity index (χ0n) is 7.03. The van der Waals surface area contributed by atoms with Gasteiger partial charge in [-0.05, 0) is 0 Å². The third kappa shape index (κ3) is 4.66. The fourth-order valence-electron chi connectivity index (χ4n) is 0.659. The van der Waals surface area contributed by atoms with Crippen molar-refractivity contribution in [3.63, 3.8) is 0 Å². The fourth-order valence-corrected chi connectivity index (χ4v) is 0.659. The Morgan fingerprint density at radius 3 is 1.67 bits per heavy atom. The van der Waals surface area contributed by atoms with E-state index in [1.165, 1.54) is 0 Å². The minimum absolute atomic E-state index is 0.392. The Kier molecular flexibility index (Phi) is 2.94. The average Bonchev–Trinajstić information content (AvgIpc) is 2.90. The third-order valence-electron chi connectivity index (χ3n) is 1.62. The summed E-state index contributed by atoms with van der Waals surface area (Å²) in [5.74, 6) is 0. The summed E-state index contributed by atoms with van der Waals surface area (Å²) >= 11 is 0. The molecular weight excluding hydrogens is 160 g/mol. The number of hydrogen-bond acceptors (Lipinski definition) is 4. The van der Waals surface area contributed by atoms with E-state index in [1.54, 1.807) is 0 Å². The van der Waals surface area contributed by atoms with Crippen LogP contribution < -0.4 is 0 Å². The van der Waals surface area contributed by atoms with Crippen molar-refractivity contribution in [3.05, 3.63) is 0 Å². The first kappa shape index (κ1) is 8.44. The molecule has 0 N–H and O–H groups in total. The van der Waals surface area contributed by atoms with Crippen LogP contribution in [-0.4, -0.2) is 51.8 Å². The van der Waals surface area contributed by atoms with Crippen LogP contribution >= 0.6 is 0 Å². The predicted octanol–water partition coefficient (Wildman–Crippen LogP) is -0.183. The molecule has 3 fully saturated rings. The van der Waals surface area contributed by atoms with Gasteiger partial charge in [-0.2, -0.15) is 0 Å². The molecule has 0 aromatic carbocycles. The molecule has 12 heavy (non-hydrogen) atoms. The molecule has 0 aliphatic carbocycles. The standard InChI is InChI=1S/C6H10O3.C2H4O/c1(5-3-8-5)7-2-6-4-9-6;1-2-3-1/h5-6H,1-4H2;1-2H2. The van der Waals surface area contributed by atoms with Gasteiger partial charge < -0.3 is 18.9 Å². The van der Waals surface area contributed by atoms with Crippen molar-refractivity contribution in [1.82, 2.24) is 0 Å². The van der Waals surface area contributed by atoms with Crippen LogP contribution in [0.3, 0.4) is 0 Å². The Morgan fingerprint density at radius 2 is 1.42 bits per heavy atom. The molecule has 4 heteroatoms. The molecule has 0 radical (unpaired) electrons. The summed E-state index contributed by atoms with van der Waals surface area (Å²) in [6.07, 6.45) is 0.785. The lowest BCUT2D eigenvalue weighted by molar-refractivity contribution is 0.102. The van der Waals surface area contributed by atoms with Crippen molar-refractivity contribution < 1.29 is 18.9 Å². The van der Waals surface area contributed by atoms with Gasteiger partial charge in [0.2, 0.25) is 0 Å². The summed E-state index contributed by atoms with van der Waals surface area (Å²) in [6.45, 7) is 5.26. The zero-order chi connectivity index (χ0) is 8.23. The van der Waals surface area contributed by atoms with Gasteiger partial charge in [0.25, 0.3) is 0 Å². The third-order valence-corrected chi connectivity index (χ3v) is 1.62. The molecule has 3 saturated heterocycles. The molecule has 2 unspecified atom stereocenters. The molecule has 3 aliphatic rings. The molecular formula is C8H14O4. The first-order valence-corrected chi connectivity index (χ1v) is 4.34. The van der Waals surface area contributed by atoms with E-state index in [0.29, 0.717) is 12.2 Å². The van der Waals surface area contributed by atoms with Gasteiger partial charge >= 0.3 is 0 Å². The summed E-state index contributed by atoms with van der Waals surface area (Å²) < 4.78 is 19.6. The van der Waals surface area contributed by atoms with E-state index in [2.05, 4.69) is 4.74 Å². The number of hydrogen-bond donors (Lipinski definition) is 0. The molecule has 0 aromatic heterocycles. The van der Waals surface area contributed by atoms with E-state index in [1.807, 2.05) is 0 Å². The lowest BCUT2D eigenvalue weighted by Crippen LogP contribution is -2.06. The van der Waals surface area contributed by atoms with Crippen LogP contribution in [-0.2, 0) is 18.9 Å². The van der Waals surface area contributed by atoms with E-state index >= 15 is 0 Å². The molecule has 2 atom stereocenters. The van der Waals surface area contributed by atoms with Crippen LogP contribution in [0.5, 0.6) is 0 Å². The number of ether oxygens (including phenoxy) is 4. The Bertz CT molecular complexity index is 114. The zero-order valence-corrected chi connectivity index (χ0v) is 7.03. The minimum atomic E-state index is 0.392. The second-order valence-electron chi connectivity index (χ2n) is 3.06. The van der Waals surface area contributed by atoms with Crippen LogP contribution in [0, 0.1) is 0 Å². The highest BCUT2D eigenvalue weighted by Crippen LogP contribution is 2.12. The smallest absolute Gasteiger partial charge is 0.104 e. The van der Waals surface area contributed by atoms with Crippen molar-refractivity contribution in [2.24, 2.45) is 0 Å². The van der Waals surface area contributed by atoms with Gasteiger partial charge in [-0.15, -0.1) is 0 Å². The van der Waals surface area contributed by atoms with Gasteiger partial charge in [-0.3, -0.25) is 0 Å². The molecule has 0 bridgehead atoms. The van der Waals surface area contributed by atoms with Crippen LogP contribution in [0.1, 0.15) is 0 Å². The van der Waals surface area contributed by atoms with Gasteiger partial charge in [0.15, 0.2) is 0 Å². The molecule has 3 heterocycles. The van der Waals surface area contributed by atoms with Crippen LogP contribution in [0.4, 0.5) is 0 Å². The van der Waals surface area contributed by atoms with E-state index < -0.39 is 0 Å². The number of rotatable bonds is 4. The molecule has 70 valence electrons.